The van der Waals surface area contributed by atoms with Crippen LogP contribution in [0.15, 0.2) is 45.8 Å². The van der Waals surface area contributed by atoms with E-state index in [1.54, 1.807) is 30.3 Å². The predicted octanol–water partition coefficient (Wildman–Crippen LogP) is 5.25. The highest BCUT2D eigenvalue weighted by molar-refractivity contribution is 9.10. The molecule has 1 saturated heterocycles. The molecule has 0 aromatic heterocycles. The molecule has 2 aromatic rings. The van der Waals surface area contributed by atoms with Gasteiger partial charge < -0.3 is 14.2 Å². The average molecular weight is 510 g/mol. The second kappa shape index (κ2) is 10.8. The van der Waals surface area contributed by atoms with E-state index in [0.29, 0.717) is 33.0 Å². The van der Waals surface area contributed by atoms with Crippen LogP contribution in [0.1, 0.15) is 18.1 Å². The summed E-state index contributed by atoms with van der Waals surface area (Å²) in [5.74, 6) is 0.340. The molecule has 0 N–H and O–H groups in total. The van der Waals surface area contributed by atoms with Gasteiger partial charge in [-0.2, -0.15) is 0 Å². The Kier molecular flexibility index (Phi) is 8.11. The number of hydrogen-bond acceptors (Lipinski definition) is 6. The third kappa shape index (κ3) is 5.87. The molecule has 0 bridgehead atoms. The highest BCUT2D eigenvalue weighted by atomic mass is 79.9. The highest BCUT2D eigenvalue weighted by Crippen LogP contribution is 2.38. The van der Waals surface area contributed by atoms with Gasteiger partial charge in [0.25, 0.3) is 11.1 Å². The van der Waals surface area contributed by atoms with Crippen LogP contribution >= 0.6 is 27.7 Å². The number of carbonyl (C=O) groups excluding carboxylic acids is 2. The lowest BCUT2D eigenvalue weighted by Gasteiger charge is -2.14. The van der Waals surface area contributed by atoms with E-state index in [1.165, 1.54) is 19.2 Å². The highest BCUT2D eigenvalue weighted by Gasteiger charge is 2.34. The second-order valence-electron chi connectivity index (χ2n) is 6.49. The molecule has 0 unspecified atom stereocenters. The number of benzene rings is 2. The Morgan fingerprint density at radius 1 is 1.13 bits per heavy atom. The van der Waals surface area contributed by atoms with Crippen molar-refractivity contribution < 1.29 is 28.2 Å². The van der Waals surface area contributed by atoms with Crippen LogP contribution in [0, 0.1) is 5.82 Å². The van der Waals surface area contributed by atoms with Gasteiger partial charge >= 0.3 is 0 Å². The molecular weight excluding hydrogens is 489 g/mol. The van der Waals surface area contributed by atoms with Gasteiger partial charge in [0, 0.05) is 11.6 Å². The van der Waals surface area contributed by atoms with E-state index in [0.717, 1.165) is 22.2 Å². The normalized spacial score (nSPS) is 15.1. The van der Waals surface area contributed by atoms with Gasteiger partial charge in [-0.3, -0.25) is 14.5 Å². The van der Waals surface area contributed by atoms with E-state index in [4.69, 9.17) is 14.2 Å². The molecule has 31 heavy (non-hydrogen) atoms. The maximum atomic E-state index is 13.1. The zero-order valence-corrected chi connectivity index (χ0v) is 19.4. The zero-order chi connectivity index (χ0) is 22.4. The molecule has 0 radical (unpaired) electrons. The van der Waals surface area contributed by atoms with Crippen molar-refractivity contribution in [2.75, 3.05) is 26.9 Å². The number of carbonyl (C=O) groups is 2. The number of nitrogens with zero attached hydrogens (tertiary/aromatic N) is 1. The molecule has 3 rings (SSSR count). The SMILES string of the molecule is CCOc1cc(/C=C2/SC(=O)N(CCOC)C2=O)c(Br)cc1OCc1ccc(F)cc1. The molecule has 9 heteroatoms. The average Bonchev–Trinajstić information content (AvgIpc) is 3.01. The van der Waals surface area contributed by atoms with E-state index in [1.807, 2.05) is 6.92 Å². The van der Waals surface area contributed by atoms with Crippen LogP contribution in [0.5, 0.6) is 11.5 Å². The maximum Gasteiger partial charge on any atom is 0.293 e. The van der Waals surface area contributed by atoms with E-state index < -0.39 is 0 Å². The van der Waals surface area contributed by atoms with Crippen molar-refractivity contribution in [3.05, 3.63) is 62.7 Å². The summed E-state index contributed by atoms with van der Waals surface area (Å²) in [7, 11) is 1.51. The molecule has 1 aliphatic rings. The van der Waals surface area contributed by atoms with Gasteiger partial charge in [-0.25, -0.2) is 4.39 Å². The van der Waals surface area contributed by atoms with Crippen molar-refractivity contribution in [2.24, 2.45) is 0 Å². The van der Waals surface area contributed by atoms with Gasteiger partial charge in [0.05, 0.1) is 24.7 Å². The second-order valence-corrected chi connectivity index (χ2v) is 8.34. The lowest BCUT2D eigenvalue weighted by Crippen LogP contribution is -2.31. The van der Waals surface area contributed by atoms with E-state index in [2.05, 4.69) is 15.9 Å². The number of thioether (sulfide) groups is 1. The summed E-state index contributed by atoms with van der Waals surface area (Å²) < 4.78 is 30.3. The third-order valence-electron chi connectivity index (χ3n) is 4.35. The van der Waals surface area contributed by atoms with Crippen LogP contribution in [-0.4, -0.2) is 42.9 Å². The minimum absolute atomic E-state index is 0.208. The van der Waals surface area contributed by atoms with E-state index in [9.17, 15) is 14.0 Å². The minimum atomic E-state index is -0.353. The molecule has 164 valence electrons. The number of methoxy groups -OCH3 is 1. The first-order valence-electron chi connectivity index (χ1n) is 9.50. The van der Waals surface area contributed by atoms with Crippen LogP contribution in [0.25, 0.3) is 6.08 Å². The van der Waals surface area contributed by atoms with E-state index in [-0.39, 0.29) is 36.7 Å². The first-order chi connectivity index (χ1) is 14.9. The molecule has 0 aliphatic carbocycles. The fourth-order valence-corrected chi connectivity index (χ4v) is 4.09. The third-order valence-corrected chi connectivity index (χ3v) is 5.94. The monoisotopic (exact) mass is 509 g/mol. The Morgan fingerprint density at radius 3 is 2.52 bits per heavy atom. The Hall–Kier alpha value is -2.36. The van der Waals surface area contributed by atoms with Crippen LogP contribution in [-0.2, 0) is 16.1 Å². The van der Waals surface area contributed by atoms with Crippen molar-refractivity contribution in [1.29, 1.82) is 0 Å². The number of imide groups is 1. The van der Waals surface area contributed by atoms with Crippen molar-refractivity contribution in [2.45, 2.75) is 13.5 Å². The van der Waals surface area contributed by atoms with Crippen LogP contribution in [0.4, 0.5) is 9.18 Å². The van der Waals surface area contributed by atoms with Gasteiger partial charge in [-0.15, -0.1) is 0 Å². The molecule has 1 aliphatic heterocycles. The Balaban J connectivity index is 1.82. The number of amides is 2. The van der Waals surface area contributed by atoms with Crippen LogP contribution in [0.3, 0.4) is 0 Å². The van der Waals surface area contributed by atoms with Gasteiger partial charge in [-0.1, -0.05) is 28.1 Å². The first-order valence-corrected chi connectivity index (χ1v) is 11.1. The maximum absolute atomic E-state index is 13.1. The first kappa shape index (κ1) is 23.3. The lowest BCUT2D eigenvalue weighted by atomic mass is 10.1. The molecule has 0 saturated carbocycles. The van der Waals surface area contributed by atoms with Crippen molar-refractivity contribution >= 4 is 44.9 Å². The largest absolute Gasteiger partial charge is 0.490 e. The predicted molar refractivity (Wildman–Crippen MR) is 121 cm³/mol. The van der Waals surface area contributed by atoms with Gasteiger partial charge in [0.2, 0.25) is 0 Å². The zero-order valence-electron chi connectivity index (χ0n) is 17.0. The quantitative estimate of drug-likeness (QED) is 0.430. The topological polar surface area (TPSA) is 65.1 Å². The fraction of sp³-hybridized carbons (Fsp3) is 0.273. The molecule has 2 aromatic carbocycles. The minimum Gasteiger partial charge on any atom is -0.490 e. The molecule has 1 fully saturated rings. The number of ether oxygens (including phenoxy) is 3. The van der Waals surface area contributed by atoms with Crippen LogP contribution < -0.4 is 9.47 Å². The summed E-state index contributed by atoms with van der Waals surface area (Å²) >= 11 is 4.39. The number of hydrogen-bond donors (Lipinski definition) is 0. The van der Waals surface area contributed by atoms with Crippen molar-refractivity contribution in [3.8, 4) is 11.5 Å². The number of rotatable bonds is 9. The Bertz CT molecular complexity index is 996. The van der Waals surface area contributed by atoms with Crippen LogP contribution in [0.2, 0.25) is 0 Å². The summed E-state index contributed by atoms with van der Waals surface area (Å²) in [6.45, 7) is 3.00. The summed E-state index contributed by atoms with van der Waals surface area (Å²) in [6, 6.07) is 9.55. The molecular formula is C22H21BrFNO5S. The summed E-state index contributed by atoms with van der Waals surface area (Å²) in [6.07, 6.45) is 1.65. The lowest BCUT2D eigenvalue weighted by molar-refractivity contribution is -0.123. The summed E-state index contributed by atoms with van der Waals surface area (Å²) in [4.78, 5) is 26.2. The van der Waals surface area contributed by atoms with Gasteiger partial charge in [-0.05, 0) is 60.2 Å². The van der Waals surface area contributed by atoms with E-state index >= 15 is 0 Å². The molecule has 1 heterocycles. The Morgan fingerprint density at radius 2 is 1.84 bits per heavy atom. The smallest absolute Gasteiger partial charge is 0.293 e. The van der Waals surface area contributed by atoms with Crippen molar-refractivity contribution in [1.82, 2.24) is 4.90 Å². The molecule has 0 spiro atoms. The number of halogens is 2. The molecule has 0 atom stereocenters. The van der Waals surface area contributed by atoms with Gasteiger partial charge in [0.1, 0.15) is 12.4 Å². The molecule has 2 amide bonds. The summed E-state index contributed by atoms with van der Waals surface area (Å²) in [5, 5.41) is -0.325. The van der Waals surface area contributed by atoms with Crippen molar-refractivity contribution in [3.63, 3.8) is 0 Å². The summed E-state index contributed by atoms with van der Waals surface area (Å²) in [5.41, 5.74) is 1.49. The molecule has 6 nitrogen and oxygen atoms in total. The fourth-order valence-electron chi connectivity index (χ4n) is 2.80. The van der Waals surface area contributed by atoms with Gasteiger partial charge in [0.15, 0.2) is 11.5 Å². The standard InChI is InChI=1S/C22H21BrFNO5S/c1-3-29-18-10-15(11-20-21(26)25(8-9-28-2)22(27)31-20)17(23)12-19(18)30-13-14-4-6-16(24)7-5-14/h4-7,10-12H,3,8-9,13H2,1-2H3/b20-11+. The Labute approximate surface area is 192 Å².